The molecule has 0 saturated heterocycles. The number of carboxylic acid groups (broad SMARTS) is 1. The molecule has 0 heterocycles. The first kappa shape index (κ1) is 17.7. The van der Waals surface area contributed by atoms with Gasteiger partial charge in [-0.05, 0) is 31.0 Å². The SMILES string of the molecule is O=C(O)C1CCC1C(=O)NCCNS(=O)(=O)c1cccc(Cl)c1. The highest BCUT2D eigenvalue weighted by Gasteiger charge is 2.41. The van der Waals surface area contributed by atoms with Crippen molar-refractivity contribution in [3.05, 3.63) is 29.3 Å². The van der Waals surface area contributed by atoms with Crippen LogP contribution in [0.1, 0.15) is 12.8 Å². The van der Waals surface area contributed by atoms with Crippen molar-refractivity contribution in [1.82, 2.24) is 10.0 Å². The van der Waals surface area contributed by atoms with Crippen LogP contribution in [0.15, 0.2) is 29.2 Å². The summed E-state index contributed by atoms with van der Waals surface area (Å²) in [6.07, 6.45) is 1.03. The summed E-state index contributed by atoms with van der Waals surface area (Å²) < 4.78 is 26.4. The van der Waals surface area contributed by atoms with Crippen LogP contribution in [0.3, 0.4) is 0 Å². The second-order valence-electron chi connectivity index (χ2n) is 5.27. The van der Waals surface area contributed by atoms with Gasteiger partial charge >= 0.3 is 5.97 Å². The average Bonchev–Trinajstić information content (AvgIpc) is 2.42. The lowest BCUT2D eigenvalue weighted by Crippen LogP contribution is -2.45. The van der Waals surface area contributed by atoms with Crippen molar-refractivity contribution in [2.75, 3.05) is 13.1 Å². The summed E-state index contributed by atoms with van der Waals surface area (Å²) in [5.41, 5.74) is 0. The first-order chi connectivity index (χ1) is 10.8. The van der Waals surface area contributed by atoms with E-state index in [1.165, 1.54) is 18.2 Å². The Morgan fingerprint density at radius 1 is 1.22 bits per heavy atom. The smallest absolute Gasteiger partial charge is 0.307 e. The van der Waals surface area contributed by atoms with Gasteiger partial charge in [0.15, 0.2) is 0 Å². The molecule has 2 rings (SSSR count). The summed E-state index contributed by atoms with van der Waals surface area (Å²) in [6, 6.07) is 5.84. The number of hydrogen-bond acceptors (Lipinski definition) is 4. The zero-order valence-corrected chi connectivity index (χ0v) is 13.7. The fourth-order valence-corrected chi connectivity index (χ4v) is 3.66. The van der Waals surface area contributed by atoms with Gasteiger partial charge in [-0.2, -0.15) is 0 Å². The summed E-state index contributed by atoms with van der Waals surface area (Å²) in [4.78, 5) is 22.7. The summed E-state index contributed by atoms with van der Waals surface area (Å²) in [7, 11) is -3.70. The van der Waals surface area contributed by atoms with Gasteiger partial charge in [-0.3, -0.25) is 9.59 Å². The number of carbonyl (C=O) groups excluding carboxylic acids is 1. The standard InChI is InChI=1S/C14H17ClN2O5S/c15-9-2-1-3-10(8-9)23(21,22)17-7-6-16-13(18)11-4-5-12(11)14(19)20/h1-3,8,11-12,17H,4-7H2,(H,16,18)(H,19,20). The van der Waals surface area contributed by atoms with Crippen LogP contribution >= 0.6 is 11.6 Å². The van der Waals surface area contributed by atoms with Crippen molar-refractivity contribution in [3.63, 3.8) is 0 Å². The van der Waals surface area contributed by atoms with Crippen LogP contribution in [-0.2, 0) is 19.6 Å². The Balaban J connectivity index is 1.79. The van der Waals surface area contributed by atoms with Crippen LogP contribution in [0.2, 0.25) is 5.02 Å². The summed E-state index contributed by atoms with van der Waals surface area (Å²) in [6.45, 7) is 0.0898. The van der Waals surface area contributed by atoms with Gasteiger partial charge in [0.25, 0.3) is 0 Å². The second-order valence-corrected chi connectivity index (χ2v) is 7.48. The van der Waals surface area contributed by atoms with Crippen molar-refractivity contribution >= 4 is 33.5 Å². The molecule has 0 bridgehead atoms. The number of hydrogen-bond donors (Lipinski definition) is 3. The largest absolute Gasteiger partial charge is 0.481 e. The molecule has 9 heteroatoms. The minimum absolute atomic E-state index is 0.00500. The maximum Gasteiger partial charge on any atom is 0.307 e. The van der Waals surface area contributed by atoms with Crippen molar-refractivity contribution in [2.24, 2.45) is 11.8 Å². The number of carbonyl (C=O) groups is 2. The Morgan fingerprint density at radius 3 is 2.48 bits per heavy atom. The van der Waals surface area contributed by atoms with Gasteiger partial charge in [0.2, 0.25) is 15.9 Å². The molecule has 1 aliphatic carbocycles. The van der Waals surface area contributed by atoms with Crippen LogP contribution < -0.4 is 10.0 Å². The molecule has 1 aromatic carbocycles. The van der Waals surface area contributed by atoms with Crippen LogP contribution in [0, 0.1) is 11.8 Å². The van der Waals surface area contributed by atoms with Crippen LogP contribution in [-0.4, -0.2) is 38.5 Å². The summed E-state index contributed by atoms with van der Waals surface area (Å²) in [5.74, 6) is -2.50. The van der Waals surface area contributed by atoms with E-state index < -0.39 is 27.8 Å². The number of carboxylic acids is 1. The molecule has 2 unspecified atom stereocenters. The Labute approximate surface area is 139 Å². The minimum Gasteiger partial charge on any atom is -0.481 e. The lowest BCUT2D eigenvalue weighted by atomic mass is 9.73. The molecule has 7 nitrogen and oxygen atoms in total. The van der Waals surface area contributed by atoms with Gasteiger partial charge in [0, 0.05) is 18.1 Å². The molecule has 1 saturated carbocycles. The lowest BCUT2D eigenvalue weighted by Gasteiger charge is -2.31. The van der Waals surface area contributed by atoms with E-state index in [0.717, 1.165) is 0 Å². The van der Waals surface area contributed by atoms with Crippen LogP contribution in [0.25, 0.3) is 0 Å². The van der Waals surface area contributed by atoms with E-state index in [4.69, 9.17) is 16.7 Å². The summed E-state index contributed by atoms with van der Waals surface area (Å²) in [5, 5.41) is 11.8. The highest BCUT2D eigenvalue weighted by Crippen LogP contribution is 2.34. The first-order valence-corrected chi connectivity index (χ1v) is 8.93. The molecule has 0 aromatic heterocycles. The Bertz CT molecular complexity index is 707. The van der Waals surface area contributed by atoms with E-state index in [9.17, 15) is 18.0 Å². The van der Waals surface area contributed by atoms with Crippen molar-refractivity contribution < 1.29 is 23.1 Å². The molecule has 0 aliphatic heterocycles. The molecule has 2 atom stereocenters. The summed E-state index contributed by atoms with van der Waals surface area (Å²) >= 11 is 5.75. The zero-order chi connectivity index (χ0) is 17.0. The normalized spacial score (nSPS) is 20.6. The van der Waals surface area contributed by atoms with Gasteiger partial charge in [0.1, 0.15) is 0 Å². The van der Waals surface area contributed by atoms with E-state index >= 15 is 0 Å². The van der Waals surface area contributed by atoms with Gasteiger partial charge in [0.05, 0.1) is 16.7 Å². The third kappa shape index (κ3) is 4.43. The highest BCUT2D eigenvalue weighted by molar-refractivity contribution is 7.89. The maximum atomic E-state index is 12.0. The molecule has 23 heavy (non-hydrogen) atoms. The quantitative estimate of drug-likeness (QED) is 0.624. The maximum absolute atomic E-state index is 12.0. The third-order valence-corrected chi connectivity index (χ3v) is 5.44. The minimum atomic E-state index is -3.70. The number of aliphatic carboxylic acids is 1. The molecular formula is C14H17ClN2O5S. The number of benzene rings is 1. The Kier molecular flexibility index (Phi) is 5.61. The average molecular weight is 361 g/mol. The Hall–Kier alpha value is -1.64. The van der Waals surface area contributed by atoms with E-state index in [1.54, 1.807) is 6.07 Å². The molecule has 1 fully saturated rings. The van der Waals surface area contributed by atoms with E-state index in [1.807, 2.05) is 0 Å². The van der Waals surface area contributed by atoms with Crippen molar-refractivity contribution in [3.8, 4) is 0 Å². The fraction of sp³-hybridized carbons (Fsp3) is 0.429. The number of rotatable bonds is 7. The number of halogens is 1. The number of nitrogens with one attached hydrogen (secondary N) is 2. The Morgan fingerprint density at radius 2 is 1.91 bits per heavy atom. The fourth-order valence-electron chi connectivity index (χ4n) is 2.33. The molecule has 1 amide bonds. The van der Waals surface area contributed by atoms with Gasteiger partial charge < -0.3 is 10.4 Å². The number of sulfonamides is 1. The van der Waals surface area contributed by atoms with Crippen molar-refractivity contribution in [2.45, 2.75) is 17.7 Å². The molecule has 0 radical (unpaired) electrons. The zero-order valence-electron chi connectivity index (χ0n) is 12.2. The highest BCUT2D eigenvalue weighted by atomic mass is 35.5. The monoisotopic (exact) mass is 360 g/mol. The first-order valence-electron chi connectivity index (χ1n) is 7.07. The molecule has 1 aromatic rings. The van der Waals surface area contributed by atoms with Crippen LogP contribution in [0.4, 0.5) is 0 Å². The van der Waals surface area contributed by atoms with Gasteiger partial charge in [-0.1, -0.05) is 17.7 Å². The molecule has 126 valence electrons. The molecule has 0 spiro atoms. The predicted molar refractivity (Wildman–Crippen MR) is 83.5 cm³/mol. The second kappa shape index (κ2) is 7.29. The predicted octanol–water partition coefficient (Wildman–Crippen LogP) is 0.845. The van der Waals surface area contributed by atoms with E-state index in [2.05, 4.69) is 10.0 Å². The van der Waals surface area contributed by atoms with Gasteiger partial charge in [-0.15, -0.1) is 0 Å². The molecular weight excluding hydrogens is 344 g/mol. The van der Waals surface area contributed by atoms with Crippen LogP contribution in [0.5, 0.6) is 0 Å². The third-order valence-electron chi connectivity index (χ3n) is 3.75. The van der Waals surface area contributed by atoms with Crippen molar-refractivity contribution in [1.29, 1.82) is 0 Å². The lowest BCUT2D eigenvalue weighted by molar-refractivity contribution is -0.152. The van der Waals surface area contributed by atoms with E-state index in [-0.39, 0.29) is 23.9 Å². The topological polar surface area (TPSA) is 113 Å². The van der Waals surface area contributed by atoms with Gasteiger partial charge in [-0.25, -0.2) is 13.1 Å². The van der Waals surface area contributed by atoms with E-state index in [0.29, 0.717) is 17.9 Å². The molecule has 3 N–H and O–H groups in total. The molecule has 1 aliphatic rings. The number of amides is 1.